The first-order valence-corrected chi connectivity index (χ1v) is 9.64. The summed E-state index contributed by atoms with van der Waals surface area (Å²) < 4.78 is 13.3. The molecule has 8 heteroatoms. The van der Waals surface area contributed by atoms with E-state index in [-0.39, 0.29) is 24.8 Å². The van der Waals surface area contributed by atoms with Gasteiger partial charge in [-0.25, -0.2) is 4.39 Å². The Balaban J connectivity index is 1.51. The third-order valence-electron chi connectivity index (χ3n) is 4.84. The lowest BCUT2D eigenvalue weighted by molar-refractivity contribution is -0.135. The summed E-state index contributed by atoms with van der Waals surface area (Å²) in [6.45, 7) is -0.198. The number of nitrogens with zero attached hydrogens (tertiary/aromatic N) is 2. The van der Waals surface area contributed by atoms with Gasteiger partial charge in [0.15, 0.2) is 4.87 Å². The molecule has 1 saturated heterocycles. The molecule has 0 saturated carbocycles. The number of thioether (sulfide) groups is 1. The Hall–Kier alpha value is -2.87. The van der Waals surface area contributed by atoms with Crippen LogP contribution < -0.4 is 10.2 Å². The van der Waals surface area contributed by atoms with E-state index in [4.69, 9.17) is 0 Å². The Kier molecular flexibility index (Phi) is 4.58. The quantitative estimate of drug-likeness (QED) is 0.858. The van der Waals surface area contributed by atoms with E-state index in [2.05, 4.69) is 5.32 Å². The van der Waals surface area contributed by atoms with Gasteiger partial charge < -0.3 is 10.2 Å². The molecule has 2 aliphatic rings. The highest BCUT2D eigenvalue weighted by molar-refractivity contribution is 8.02. The largest absolute Gasteiger partial charge is 0.334 e. The van der Waals surface area contributed by atoms with Gasteiger partial charge in [0.2, 0.25) is 11.8 Å². The van der Waals surface area contributed by atoms with Gasteiger partial charge >= 0.3 is 0 Å². The highest BCUT2D eigenvalue weighted by Gasteiger charge is 2.58. The second-order valence-corrected chi connectivity index (χ2v) is 8.12. The van der Waals surface area contributed by atoms with Crippen molar-refractivity contribution >= 4 is 40.9 Å². The Morgan fingerprint density at radius 2 is 2.04 bits per heavy atom. The summed E-state index contributed by atoms with van der Waals surface area (Å²) >= 11 is 1.36. The number of para-hydroxylation sites is 1. The highest BCUT2D eigenvalue weighted by atomic mass is 32.2. The number of nitrogens with one attached hydrogen (secondary N) is 1. The second kappa shape index (κ2) is 6.94. The smallest absolute Gasteiger partial charge is 0.260 e. The normalized spacial score (nSPS) is 19.9. The summed E-state index contributed by atoms with van der Waals surface area (Å²) in [5, 5.41) is 2.58. The Morgan fingerprint density at radius 1 is 1.25 bits per heavy atom. The topological polar surface area (TPSA) is 69.7 Å². The molecule has 0 aliphatic carbocycles. The standard InChI is InChI=1S/C20H18FN3O3S/c1-23(12-17(25)22-14-6-4-5-13(21)11-14)19(27)20-10-9-18(26)24(20)15-7-2-3-8-16(15)28-20/h2-8,11H,9-10,12H2,1H3,(H,22,25). The summed E-state index contributed by atoms with van der Waals surface area (Å²) in [7, 11) is 1.53. The molecule has 4 rings (SSSR count). The van der Waals surface area contributed by atoms with E-state index in [1.54, 1.807) is 11.0 Å². The number of likely N-dealkylation sites (N-methyl/N-ethyl adjacent to an activating group) is 1. The van der Waals surface area contributed by atoms with Crippen LogP contribution in [-0.2, 0) is 14.4 Å². The number of carbonyl (C=O) groups excluding carboxylic acids is 3. The molecule has 0 spiro atoms. The van der Waals surface area contributed by atoms with Crippen LogP contribution >= 0.6 is 11.8 Å². The van der Waals surface area contributed by atoms with Crippen LogP contribution in [0.2, 0.25) is 0 Å². The molecule has 2 aromatic carbocycles. The first-order valence-electron chi connectivity index (χ1n) is 8.83. The van der Waals surface area contributed by atoms with Crippen molar-refractivity contribution in [3.63, 3.8) is 0 Å². The van der Waals surface area contributed by atoms with Crippen LogP contribution in [-0.4, -0.2) is 41.1 Å². The molecular formula is C20H18FN3O3S. The van der Waals surface area contributed by atoms with Crippen molar-refractivity contribution in [3.05, 3.63) is 54.3 Å². The zero-order chi connectivity index (χ0) is 19.9. The van der Waals surface area contributed by atoms with Crippen molar-refractivity contribution in [1.29, 1.82) is 0 Å². The van der Waals surface area contributed by atoms with Gasteiger partial charge in [-0.05, 0) is 36.8 Å². The zero-order valence-electron chi connectivity index (χ0n) is 15.1. The highest BCUT2D eigenvalue weighted by Crippen LogP contribution is 2.56. The van der Waals surface area contributed by atoms with Crippen LogP contribution in [0.4, 0.5) is 15.8 Å². The zero-order valence-corrected chi connectivity index (χ0v) is 16.0. The van der Waals surface area contributed by atoms with Gasteiger partial charge in [-0.15, -0.1) is 0 Å². The molecule has 2 aromatic rings. The second-order valence-electron chi connectivity index (χ2n) is 6.80. The van der Waals surface area contributed by atoms with E-state index in [0.717, 1.165) is 10.6 Å². The molecule has 2 aliphatic heterocycles. The number of amides is 3. The SMILES string of the molecule is CN(CC(=O)Nc1cccc(F)c1)C(=O)C12CCC(=O)N1c1ccccc1S2. The van der Waals surface area contributed by atoms with Gasteiger partial charge in [0.05, 0.1) is 12.2 Å². The van der Waals surface area contributed by atoms with Crippen molar-refractivity contribution < 1.29 is 18.8 Å². The lowest BCUT2D eigenvalue weighted by Crippen LogP contribution is -2.54. The first-order chi connectivity index (χ1) is 13.4. The van der Waals surface area contributed by atoms with Crippen molar-refractivity contribution in [2.45, 2.75) is 22.6 Å². The minimum absolute atomic E-state index is 0.0941. The van der Waals surface area contributed by atoms with Crippen molar-refractivity contribution in [2.24, 2.45) is 0 Å². The number of fused-ring (bicyclic) bond motifs is 3. The maximum atomic E-state index is 13.3. The number of hydrogen-bond acceptors (Lipinski definition) is 4. The van der Waals surface area contributed by atoms with Crippen LogP contribution in [0.3, 0.4) is 0 Å². The number of hydrogen-bond donors (Lipinski definition) is 1. The predicted molar refractivity (Wildman–Crippen MR) is 104 cm³/mol. The minimum atomic E-state index is -1.05. The number of carbonyl (C=O) groups is 3. The molecule has 1 N–H and O–H groups in total. The minimum Gasteiger partial charge on any atom is -0.334 e. The molecule has 3 amide bonds. The summed E-state index contributed by atoms with van der Waals surface area (Å²) in [6.07, 6.45) is 0.677. The van der Waals surface area contributed by atoms with Gasteiger partial charge in [0.25, 0.3) is 5.91 Å². The number of rotatable bonds is 4. The van der Waals surface area contributed by atoms with Gasteiger partial charge in [-0.3, -0.25) is 19.3 Å². The third-order valence-corrected chi connectivity index (χ3v) is 6.31. The van der Waals surface area contributed by atoms with E-state index in [0.29, 0.717) is 12.1 Å². The maximum Gasteiger partial charge on any atom is 0.260 e. The van der Waals surface area contributed by atoms with Crippen LogP contribution in [0, 0.1) is 5.82 Å². The molecule has 28 heavy (non-hydrogen) atoms. The summed E-state index contributed by atoms with van der Waals surface area (Å²) in [5.74, 6) is -1.28. The van der Waals surface area contributed by atoms with Crippen LogP contribution in [0.1, 0.15) is 12.8 Å². The monoisotopic (exact) mass is 399 g/mol. The summed E-state index contributed by atoms with van der Waals surface area (Å²) in [6, 6.07) is 13.0. The predicted octanol–water partition coefficient (Wildman–Crippen LogP) is 2.85. The molecule has 2 heterocycles. The molecule has 1 unspecified atom stereocenters. The Labute approximate surface area is 165 Å². The van der Waals surface area contributed by atoms with Gasteiger partial charge in [0, 0.05) is 24.1 Å². The maximum absolute atomic E-state index is 13.3. The average Bonchev–Trinajstić information content (AvgIpc) is 3.16. The van der Waals surface area contributed by atoms with Gasteiger partial charge in [-0.1, -0.05) is 30.0 Å². The lowest BCUT2D eigenvalue weighted by Gasteiger charge is -2.33. The average molecular weight is 399 g/mol. The molecule has 144 valence electrons. The van der Waals surface area contributed by atoms with Crippen molar-refractivity contribution in [3.8, 4) is 0 Å². The molecule has 0 aromatic heterocycles. The van der Waals surface area contributed by atoms with Crippen molar-refractivity contribution in [1.82, 2.24) is 4.90 Å². The van der Waals surface area contributed by atoms with Crippen molar-refractivity contribution in [2.75, 3.05) is 23.8 Å². The first kappa shape index (κ1) is 18.5. The fraction of sp³-hybridized carbons (Fsp3) is 0.250. The molecule has 6 nitrogen and oxygen atoms in total. The van der Waals surface area contributed by atoms with E-state index in [1.807, 2.05) is 24.3 Å². The molecule has 0 radical (unpaired) electrons. The van der Waals surface area contributed by atoms with Crippen LogP contribution in [0.25, 0.3) is 0 Å². The number of anilines is 2. The van der Waals surface area contributed by atoms with Crippen LogP contribution in [0.15, 0.2) is 53.4 Å². The summed E-state index contributed by atoms with van der Waals surface area (Å²) in [5.41, 5.74) is 1.06. The van der Waals surface area contributed by atoms with Gasteiger partial charge in [-0.2, -0.15) is 0 Å². The fourth-order valence-electron chi connectivity index (χ4n) is 3.64. The van der Waals surface area contributed by atoms with Gasteiger partial charge in [0.1, 0.15) is 5.82 Å². The molecular weight excluding hydrogens is 381 g/mol. The third kappa shape index (κ3) is 3.03. The Bertz CT molecular complexity index is 983. The molecule has 0 bridgehead atoms. The number of benzene rings is 2. The summed E-state index contributed by atoms with van der Waals surface area (Å²) in [4.78, 5) is 40.8. The molecule has 1 atom stereocenters. The van der Waals surface area contributed by atoms with E-state index in [1.165, 1.54) is 41.9 Å². The van der Waals surface area contributed by atoms with E-state index >= 15 is 0 Å². The van der Waals surface area contributed by atoms with E-state index < -0.39 is 16.6 Å². The molecule has 1 fully saturated rings. The lowest BCUT2D eigenvalue weighted by atomic mass is 10.1. The Morgan fingerprint density at radius 3 is 2.82 bits per heavy atom. The van der Waals surface area contributed by atoms with Crippen LogP contribution in [0.5, 0.6) is 0 Å². The van der Waals surface area contributed by atoms with E-state index in [9.17, 15) is 18.8 Å². The number of halogens is 1. The fourth-order valence-corrected chi connectivity index (χ4v) is 5.15.